The highest BCUT2D eigenvalue weighted by Gasteiger charge is 2.09. The van der Waals surface area contributed by atoms with Gasteiger partial charge < -0.3 is 0 Å². The van der Waals surface area contributed by atoms with E-state index in [4.69, 9.17) is 5.26 Å². The van der Waals surface area contributed by atoms with Crippen LogP contribution >= 0.6 is 11.3 Å². The van der Waals surface area contributed by atoms with Gasteiger partial charge in [-0.2, -0.15) is 5.26 Å². The lowest BCUT2D eigenvalue weighted by Gasteiger charge is -1.89. The summed E-state index contributed by atoms with van der Waals surface area (Å²) in [7, 11) is 0. The second kappa shape index (κ2) is 3.00. The SMILES string of the molecule is N#CC(=O)c1csc2ccccc12. The fraction of sp³-hybridized carbons (Fsp3) is 0. The predicted octanol–water partition coefficient (Wildman–Crippen LogP) is 2.61. The monoisotopic (exact) mass is 187 g/mol. The Labute approximate surface area is 79.0 Å². The van der Waals surface area contributed by atoms with Crippen molar-refractivity contribution < 1.29 is 4.79 Å². The van der Waals surface area contributed by atoms with E-state index in [1.165, 1.54) is 11.3 Å². The number of hydrogen-bond donors (Lipinski definition) is 0. The Morgan fingerprint density at radius 1 is 1.38 bits per heavy atom. The zero-order chi connectivity index (χ0) is 9.26. The number of carbonyl (C=O) groups is 1. The van der Waals surface area contributed by atoms with Gasteiger partial charge in [0.1, 0.15) is 6.07 Å². The Kier molecular flexibility index (Phi) is 1.84. The van der Waals surface area contributed by atoms with Crippen LogP contribution < -0.4 is 0 Å². The van der Waals surface area contributed by atoms with Crippen LogP contribution in [0.5, 0.6) is 0 Å². The second-order valence-electron chi connectivity index (χ2n) is 2.59. The third kappa shape index (κ3) is 1.21. The number of nitrogens with zero attached hydrogens (tertiary/aromatic N) is 1. The molecule has 0 saturated heterocycles. The van der Waals surface area contributed by atoms with Gasteiger partial charge in [-0.25, -0.2) is 0 Å². The number of thiophene rings is 1. The van der Waals surface area contributed by atoms with Crippen molar-refractivity contribution in [2.24, 2.45) is 0 Å². The van der Waals surface area contributed by atoms with Crippen LogP contribution in [0.1, 0.15) is 10.4 Å². The molecule has 0 amide bonds. The zero-order valence-electron chi connectivity index (χ0n) is 6.65. The molecule has 0 aliphatic carbocycles. The Balaban J connectivity index is 2.73. The van der Waals surface area contributed by atoms with Gasteiger partial charge in [0.15, 0.2) is 0 Å². The first-order valence-electron chi connectivity index (χ1n) is 3.73. The van der Waals surface area contributed by atoms with Gasteiger partial charge in [-0.3, -0.25) is 4.79 Å². The first-order valence-corrected chi connectivity index (χ1v) is 4.61. The van der Waals surface area contributed by atoms with E-state index < -0.39 is 5.78 Å². The van der Waals surface area contributed by atoms with Gasteiger partial charge in [0.25, 0.3) is 5.78 Å². The van der Waals surface area contributed by atoms with Gasteiger partial charge in [-0.15, -0.1) is 11.3 Å². The summed E-state index contributed by atoms with van der Waals surface area (Å²) in [6.45, 7) is 0. The molecule has 13 heavy (non-hydrogen) atoms. The highest BCUT2D eigenvalue weighted by atomic mass is 32.1. The van der Waals surface area contributed by atoms with Crippen molar-refractivity contribution in [1.29, 1.82) is 5.26 Å². The molecule has 0 saturated carbocycles. The van der Waals surface area contributed by atoms with E-state index in [-0.39, 0.29) is 0 Å². The summed E-state index contributed by atoms with van der Waals surface area (Å²) in [6.07, 6.45) is 0. The minimum Gasteiger partial charge on any atom is -0.277 e. The summed E-state index contributed by atoms with van der Waals surface area (Å²) < 4.78 is 1.04. The molecule has 0 aliphatic rings. The van der Waals surface area contributed by atoms with Gasteiger partial charge in [0.2, 0.25) is 0 Å². The summed E-state index contributed by atoms with van der Waals surface area (Å²) in [4.78, 5) is 11.1. The molecule has 0 aliphatic heterocycles. The lowest BCUT2D eigenvalue weighted by atomic mass is 10.1. The molecule has 2 nitrogen and oxygen atoms in total. The minimum atomic E-state index is -0.461. The van der Waals surface area contributed by atoms with E-state index in [2.05, 4.69) is 0 Å². The fourth-order valence-corrected chi connectivity index (χ4v) is 2.15. The van der Waals surface area contributed by atoms with Gasteiger partial charge >= 0.3 is 0 Å². The Bertz CT molecular complexity index is 507. The molecular weight excluding hydrogens is 182 g/mol. The van der Waals surface area contributed by atoms with Gasteiger partial charge in [-0.05, 0) is 6.07 Å². The summed E-state index contributed by atoms with van der Waals surface area (Å²) >= 11 is 1.49. The minimum absolute atomic E-state index is 0.461. The molecule has 0 atom stereocenters. The van der Waals surface area contributed by atoms with E-state index in [1.54, 1.807) is 11.4 Å². The van der Waals surface area contributed by atoms with Gasteiger partial charge in [0, 0.05) is 15.5 Å². The first-order chi connectivity index (χ1) is 6.33. The number of benzene rings is 1. The summed E-state index contributed by atoms with van der Waals surface area (Å²) in [6, 6.07) is 9.20. The van der Waals surface area contributed by atoms with Crippen LogP contribution in [-0.2, 0) is 0 Å². The number of ketones is 1. The summed E-state index contributed by atoms with van der Waals surface area (Å²) in [5.41, 5.74) is 0.517. The third-order valence-electron chi connectivity index (χ3n) is 1.83. The molecule has 1 aromatic carbocycles. The van der Waals surface area contributed by atoms with Crippen molar-refractivity contribution in [3.63, 3.8) is 0 Å². The van der Waals surface area contributed by atoms with Crippen LogP contribution in [0.2, 0.25) is 0 Å². The van der Waals surface area contributed by atoms with E-state index in [9.17, 15) is 4.79 Å². The summed E-state index contributed by atoms with van der Waals surface area (Å²) in [5.74, 6) is -0.461. The molecule has 1 heterocycles. The van der Waals surface area contributed by atoms with Crippen molar-refractivity contribution in [3.8, 4) is 6.07 Å². The molecule has 0 bridgehead atoms. The molecule has 2 rings (SSSR count). The standard InChI is InChI=1S/C10H5NOS/c11-5-9(12)8-6-13-10-4-2-1-3-7(8)10/h1-4,6H. The summed E-state index contributed by atoms with van der Waals surface area (Å²) in [5, 5.41) is 11.1. The smallest absolute Gasteiger partial charge is 0.263 e. The molecule has 2 aromatic rings. The molecule has 1 aromatic heterocycles. The molecular formula is C10H5NOS. The van der Waals surface area contributed by atoms with Crippen LogP contribution in [0.15, 0.2) is 29.6 Å². The van der Waals surface area contributed by atoms with Gasteiger partial charge in [-0.1, -0.05) is 18.2 Å². The third-order valence-corrected chi connectivity index (χ3v) is 2.79. The molecule has 0 N–H and O–H groups in total. The number of rotatable bonds is 1. The van der Waals surface area contributed by atoms with Crippen LogP contribution in [0.3, 0.4) is 0 Å². The van der Waals surface area contributed by atoms with Crippen LogP contribution in [0.4, 0.5) is 0 Å². The van der Waals surface area contributed by atoms with E-state index in [0.29, 0.717) is 5.56 Å². The highest BCUT2D eigenvalue weighted by Crippen LogP contribution is 2.25. The maximum atomic E-state index is 11.1. The normalized spacial score (nSPS) is 9.77. The van der Waals surface area contributed by atoms with E-state index in [0.717, 1.165) is 10.1 Å². The molecule has 0 spiro atoms. The average Bonchev–Trinajstić information content (AvgIpc) is 2.60. The largest absolute Gasteiger partial charge is 0.277 e. The number of nitriles is 1. The Morgan fingerprint density at radius 2 is 2.15 bits per heavy atom. The van der Waals surface area contributed by atoms with Crippen molar-refractivity contribution in [3.05, 3.63) is 35.2 Å². The number of hydrogen-bond acceptors (Lipinski definition) is 3. The van der Waals surface area contributed by atoms with E-state index in [1.807, 2.05) is 24.3 Å². The Hall–Kier alpha value is -1.66. The number of fused-ring (bicyclic) bond motifs is 1. The molecule has 3 heteroatoms. The number of carbonyl (C=O) groups excluding carboxylic acids is 1. The molecule has 0 fully saturated rings. The lowest BCUT2D eigenvalue weighted by Crippen LogP contribution is -1.91. The lowest BCUT2D eigenvalue weighted by molar-refractivity contribution is 0.105. The first kappa shape index (κ1) is 7.96. The zero-order valence-corrected chi connectivity index (χ0v) is 7.47. The second-order valence-corrected chi connectivity index (χ2v) is 3.50. The van der Waals surface area contributed by atoms with Crippen molar-refractivity contribution >= 4 is 27.2 Å². The van der Waals surface area contributed by atoms with Gasteiger partial charge in [0.05, 0.1) is 5.56 Å². The molecule has 0 radical (unpaired) electrons. The highest BCUT2D eigenvalue weighted by molar-refractivity contribution is 7.17. The average molecular weight is 187 g/mol. The fourth-order valence-electron chi connectivity index (χ4n) is 1.21. The van der Waals surface area contributed by atoms with Crippen LogP contribution in [0, 0.1) is 11.3 Å². The van der Waals surface area contributed by atoms with Crippen LogP contribution in [-0.4, -0.2) is 5.78 Å². The molecule has 62 valence electrons. The number of Topliss-reactive ketones (excluding diaryl/α,β-unsaturated/α-hetero) is 1. The molecule has 0 unspecified atom stereocenters. The quantitative estimate of drug-likeness (QED) is 0.508. The van der Waals surface area contributed by atoms with Crippen LogP contribution in [0.25, 0.3) is 10.1 Å². The predicted molar refractivity (Wildman–Crippen MR) is 51.8 cm³/mol. The maximum Gasteiger partial charge on any atom is 0.263 e. The Morgan fingerprint density at radius 3 is 2.92 bits per heavy atom. The van der Waals surface area contributed by atoms with E-state index >= 15 is 0 Å². The topological polar surface area (TPSA) is 40.9 Å². The van der Waals surface area contributed by atoms with Crippen molar-refractivity contribution in [2.45, 2.75) is 0 Å². The maximum absolute atomic E-state index is 11.1. The van der Waals surface area contributed by atoms with Crippen molar-refractivity contribution in [2.75, 3.05) is 0 Å². The van der Waals surface area contributed by atoms with Crippen molar-refractivity contribution in [1.82, 2.24) is 0 Å².